The average Bonchev–Trinajstić information content (AvgIpc) is 2.74. The Hall–Kier alpha value is -1.48. The summed E-state index contributed by atoms with van der Waals surface area (Å²) >= 11 is 0. The van der Waals surface area contributed by atoms with Gasteiger partial charge in [0, 0.05) is 5.92 Å². The molecule has 1 rings (SSSR count). The Morgan fingerprint density at radius 1 is 1.37 bits per heavy atom. The molecule has 0 saturated heterocycles. The smallest absolute Gasteiger partial charge is 0.248 e. The molecule has 2 N–H and O–H groups in total. The molecular formula is C10H18N4O4S. The minimum Gasteiger partial charge on any atom is -0.343 e. The minimum atomic E-state index is -3.39. The lowest BCUT2D eigenvalue weighted by Crippen LogP contribution is -2.37. The number of aromatic nitrogens is 2. The summed E-state index contributed by atoms with van der Waals surface area (Å²) in [6, 6.07) is -0.478. The van der Waals surface area contributed by atoms with Crippen LogP contribution in [0, 0.1) is 0 Å². The highest BCUT2D eigenvalue weighted by atomic mass is 32.2. The number of nitrogens with one attached hydrogen (secondary N) is 2. The lowest BCUT2D eigenvalue weighted by molar-refractivity contribution is -0.120. The second kappa shape index (κ2) is 6.11. The Bertz CT molecular complexity index is 537. The summed E-state index contributed by atoms with van der Waals surface area (Å²) in [5.74, 6) is 0.510. The van der Waals surface area contributed by atoms with Gasteiger partial charge in [0.25, 0.3) is 0 Å². The van der Waals surface area contributed by atoms with E-state index in [1.165, 1.54) is 0 Å². The minimum absolute atomic E-state index is 0.132. The number of carbonyl (C=O) groups is 1. The Morgan fingerprint density at radius 2 is 2.00 bits per heavy atom. The van der Waals surface area contributed by atoms with Crippen LogP contribution in [-0.2, 0) is 14.8 Å². The zero-order chi connectivity index (χ0) is 14.6. The van der Waals surface area contributed by atoms with Crippen molar-refractivity contribution in [2.75, 3.05) is 12.8 Å². The van der Waals surface area contributed by atoms with E-state index < -0.39 is 22.0 Å². The van der Waals surface area contributed by atoms with Gasteiger partial charge in [-0.1, -0.05) is 19.0 Å². The molecule has 0 unspecified atom stereocenters. The van der Waals surface area contributed by atoms with Gasteiger partial charge in [0.1, 0.15) is 6.04 Å². The van der Waals surface area contributed by atoms with Gasteiger partial charge in [0.15, 0.2) is 5.82 Å². The van der Waals surface area contributed by atoms with Gasteiger partial charge in [-0.2, -0.15) is 4.98 Å². The van der Waals surface area contributed by atoms with Gasteiger partial charge < -0.3 is 9.84 Å². The van der Waals surface area contributed by atoms with Crippen LogP contribution < -0.4 is 10.0 Å². The molecule has 0 aliphatic carbocycles. The fourth-order valence-corrected chi connectivity index (χ4v) is 1.60. The quantitative estimate of drug-likeness (QED) is 0.757. The predicted octanol–water partition coefficient (Wildman–Crippen LogP) is -0.0806. The first-order chi connectivity index (χ1) is 8.69. The van der Waals surface area contributed by atoms with Gasteiger partial charge in [0.2, 0.25) is 21.8 Å². The van der Waals surface area contributed by atoms with Crippen LogP contribution in [0.2, 0.25) is 0 Å². The van der Waals surface area contributed by atoms with Gasteiger partial charge in [-0.25, -0.2) is 13.1 Å². The maximum absolute atomic E-state index is 11.5. The van der Waals surface area contributed by atoms with Crippen LogP contribution in [0.25, 0.3) is 0 Å². The number of carbonyl (C=O) groups excluding carboxylic acids is 1. The zero-order valence-corrected chi connectivity index (χ0v) is 12.1. The van der Waals surface area contributed by atoms with Gasteiger partial charge in [-0.3, -0.25) is 4.79 Å². The molecule has 0 bridgehead atoms. The van der Waals surface area contributed by atoms with Crippen molar-refractivity contribution in [3.05, 3.63) is 11.7 Å². The first kappa shape index (κ1) is 15.6. The molecule has 0 aromatic carbocycles. The van der Waals surface area contributed by atoms with E-state index >= 15 is 0 Å². The van der Waals surface area contributed by atoms with E-state index in [0.29, 0.717) is 5.82 Å². The van der Waals surface area contributed by atoms with Crippen molar-refractivity contribution in [1.29, 1.82) is 0 Å². The molecule has 1 aromatic rings. The van der Waals surface area contributed by atoms with Crippen molar-refractivity contribution < 1.29 is 17.7 Å². The molecule has 0 fully saturated rings. The number of nitrogens with zero attached hydrogens (tertiary/aromatic N) is 2. The Kier molecular flexibility index (Phi) is 5.01. The van der Waals surface area contributed by atoms with E-state index in [1.807, 2.05) is 13.8 Å². The highest BCUT2D eigenvalue weighted by Crippen LogP contribution is 2.14. The van der Waals surface area contributed by atoms with Crippen LogP contribution in [0.15, 0.2) is 4.52 Å². The fourth-order valence-electron chi connectivity index (χ4n) is 1.21. The Balaban J connectivity index is 2.54. The van der Waals surface area contributed by atoms with Crippen LogP contribution >= 0.6 is 0 Å². The summed E-state index contributed by atoms with van der Waals surface area (Å²) in [6.45, 7) is 5.20. The lowest BCUT2D eigenvalue weighted by Gasteiger charge is -2.09. The molecule has 19 heavy (non-hydrogen) atoms. The highest BCUT2D eigenvalue weighted by molar-refractivity contribution is 7.88. The summed E-state index contributed by atoms with van der Waals surface area (Å²) < 4.78 is 28.8. The molecule has 1 amide bonds. The average molecular weight is 290 g/mol. The Morgan fingerprint density at radius 3 is 2.47 bits per heavy atom. The molecular weight excluding hydrogens is 272 g/mol. The largest absolute Gasteiger partial charge is 0.343 e. The second-order valence-corrected chi connectivity index (χ2v) is 6.36. The predicted molar refractivity (Wildman–Crippen MR) is 67.8 cm³/mol. The molecule has 1 aromatic heterocycles. The van der Waals surface area contributed by atoms with Crippen molar-refractivity contribution >= 4 is 15.9 Å². The van der Waals surface area contributed by atoms with E-state index in [2.05, 4.69) is 20.2 Å². The number of amides is 1. The summed E-state index contributed by atoms with van der Waals surface area (Å²) in [7, 11) is -3.39. The van der Waals surface area contributed by atoms with Crippen molar-refractivity contribution in [3.63, 3.8) is 0 Å². The third kappa shape index (κ3) is 5.35. The van der Waals surface area contributed by atoms with Crippen molar-refractivity contribution in [1.82, 2.24) is 20.2 Å². The molecule has 0 saturated carbocycles. The van der Waals surface area contributed by atoms with E-state index in [9.17, 15) is 13.2 Å². The topological polar surface area (TPSA) is 114 Å². The van der Waals surface area contributed by atoms with Gasteiger partial charge in [0.05, 0.1) is 12.8 Å². The SMILES string of the molecule is CC(C)c1noc([C@H](C)NC(=O)CNS(C)(=O)=O)n1. The third-order valence-electron chi connectivity index (χ3n) is 2.22. The van der Waals surface area contributed by atoms with Crippen molar-refractivity contribution in [3.8, 4) is 0 Å². The highest BCUT2D eigenvalue weighted by Gasteiger charge is 2.18. The van der Waals surface area contributed by atoms with E-state index in [1.54, 1.807) is 6.92 Å². The summed E-state index contributed by atoms with van der Waals surface area (Å²) in [4.78, 5) is 15.6. The normalized spacial score (nSPS) is 13.5. The first-order valence-electron chi connectivity index (χ1n) is 5.76. The lowest BCUT2D eigenvalue weighted by atomic mass is 10.2. The summed E-state index contributed by atoms with van der Waals surface area (Å²) in [5.41, 5.74) is 0. The molecule has 1 atom stereocenters. The summed E-state index contributed by atoms with van der Waals surface area (Å²) in [6.07, 6.45) is 0.983. The van der Waals surface area contributed by atoms with Crippen LogP contribution in [0.4, 0.5) is 0 Å². The van der Waals surface area contributed by atoms with Crippen LogP contribution in [0.3, 0.4) is 0 Å². The van der Waals surface area contributed by atoms with Gasteiger partial charge in [-0.05, 0) is 6.92 Å². The number of hydrogen-bond donors (Lipinski definition) is 2. The maximum atomic E-state index is 11.5. The number of sulfonamides is 1. The van der Waals surface area contributed by atoms with E-state index in [-0.39, 0.29) is 18.4 Å². The maximum Gasteiger partial charge on any atom is 0.248 e. The van der Waals surface area contributed by atoms with E-state index in [4.69, 9.17) is 4.52 Å². The molecule has 0 aliphatic rings. The van der Waals surface area contributed by atoms with Crippen LogP contribution in [0.5, 0.6) is 0 Å². The zero-order valence-electron chi connectivity index (χ0n) is 11.3. The van der Waals surface area contributed by atoms with Crippen LogP contribution in [0.1, 0.15) is 44.4 Å². The molecule has 108 valence electrons. The molecule has 0 radical (unpaired) electrons. The molecule has 1 heterocycles. The second-order valence-electron chi connectivity index (χ2n) is 4.53. The fraction of sp³-hybridized carbons (Fsp3) is 0.700. The molecule has 8 nitrogen and oxygen atoms in total. The Labute approximate surface area is 112 Å². The summed E-state index contributed by atoms with van der Waals surface area (Å²) in [5, 5.41) is 6.34. The van der Waals surface area contributed by atoms with Crippen molar-refractivity contribution in [2.45, 2.75) is 32.7 Å². The molecule has 0 spiro atoms. The standard InChI is InChI=1S/C10H18N4O4S/c1-6(2)9-13-10(18-14-9)7(3)12-8(15)5-11-19(4,16)17/h6-7,11H,5H2,1-4H3,(H,12,15)/t7-/m0/s1. The molecule has 9 heteroatoms. The molecule has 0 aliphatic heterocycles. The number of hydrogen-bond acceptors (Lipinski definition) is 6. The van der Waals surface area contributed by atoms with Gasteiger partial charge in [-0.15, -0.1) is 0 Å². The van der Waals surface area contributed by atoms with Crippen molar-refractivity contribution in [2.24, 2.45) is 0 Å². The van der Waals surface area contributed by atoms with Gasteiger partial charge >= 0.3 is 0 Å². The monoisotopic (exact) mass is 290 g/mol. The first-order valence-corrected chi connectivity index (χ1v) is 7.65. The third-order valence-corrected chi connectivity index (χ3v) is 2.89. The number of rotatable bonds is 6. The van der Waals surface area contributed by atoms with E-state index in [0.717, 1.165) is 6.26 Å². The van der Waals surface area contributed by atoms with Crippen LogP contribution in [-0.4, -0.2) is 37.3 Å².